The van der Waals surface area contributed by atoms with Gasteiger partial charge < -0.3 is 9.32 Å². The minimum Gasteiger partial charge on any atom is -0.450 e. The van der Waals surface area contributed by atoms with Crippen molar-refractivity contribution in [3.63, 3.8) is 0 Å². The minimum atomic E-state index is -0.466. The Morgan fingerprint density at radius 3 is 2.79 bits per heavy atom. The second kappa shape index (κ2) is 5.30. The average molecular weight is 320 g/mol. The van der Waals surface area contributed by atoms with Gasteiger partial charge in [-0.15, -0.1) is 0 Å². The summed E-state index contributed by atoms with van der Waals surface area (Å²) in [5.41, 5.74) is 2.56. The number of carbonyl (C=O) groups excluding carboxylic acids is 1. The number of fused-ring (bicyclic) bond motifs is 2. The van der Waals surface area contributed by atoms with Crippen molar-refractivity contribution in [2.75, 3.05) is 7.05 Å². The highest BCUT2D eigenvalue weighted by atomic mass is 16.3. The fourth-order valence-corrected chi connectivity index (χ4v) is 3.28. The first-order valence-electron chi connectivity index (χ1n) is 7.88. The second-order valence-electron chi connectivity index (χ2n) is 5.96. The minimum absolute atomic E-state index is 0.133. The molecule has 24 heavy (non-hydrogen) atoms. The first-order chi connectivity index (χ1) is 11.6. The molecule has 1 unspecified atom stereocenters. The van der Waals surface area contributed by atoms with E-state index in [9.17, 15) is 9.59 Å². The van der Waals surface area contributed by atoms with Gasteiger partial charge in [0, 0.05) is 19.4 Å². The van der Waals surface area contributed by atoms with Crippen LogP contribution in [-0.2, 0) is 6.42 Å². The van der Waals surface area contributed by atoms with Gasteiger partial charge in [0.25, 0.3) is 5.91 Å². The molecule has 0 radical (unpaired) electrons. The van der Waals surface area contributed by atoms with Gasteiger partial charge in [-0.05, 0) is 35.7 Å². The number of amides is 1. The van der Waals surface area contributed by atoms with Gasteiger partial charge in [0.2, 0.25) is 5.76 Å². The molecule has 120 valence electrons. The number of hydrogen-bond acceptors (Lipinski definition) is 4. The van der Waals surface area contributed by atoms with E-state index >= 15 is 0 Å². The first-order valence-corrected chi connectivity index (χ1v) is 7.88. The topological polar surface area (TPSA) is 63.4 Å². The SMILES string of the molecule is CCc1ccc2oc3c(c(=O)c2c1)C(c1cccnc1)N(C)C3=O. The number of pyridine rings is 1. The van der Waals surface area contributed by atoms with Crippen LogP contribution in [0, 0.1) is 0 Å². The van der Waals surface area contributed by atoms with Gasteiger partial charge >= 0.3 is 0 Å². The molecule has 3 heterocycles. The van der Waals surface area contributed by atoms with E-state index in [1.54, 1.807) is 31.6 Å². The summed E-state index contributed by atoms with van der Waals surface area (Å²) in [5, 5.41) is 0.519. The summed E-state index contributed by atoms with van der Waals surface area (Å²) in [7, 11) is 1.68. The van der Waals surface area contributed by atoms with E-state index in [-0.39, 0.29) is 17.1 Å². The normalized spacial score (nSPS) is 16.7. The molecule has 0 fully saturated rings. The molecule has 2 aromatic heterocycles. The fourth-order valence-electron chi connectivity index (χ4n) is 3.28. The van der Waals surface area contributed by atoms with E-state index in [0.717, 1.165) is 17.5 Å². The van der Waals surface area contributed by atoms with Gasteiger partial charge in [-0.3, -0.25) is 14.6 Å². The number of nitrogens with zero attached hydrogens (tertiary/aromatic N) is 2. The molecule has 0 N–H and O–H groups in total. The highest BCUT2D eigenvalue weighted by molar-refractivity contribution is 5.98. The largest absolute Gasteiger partial charge is 0.450 e. The van der Waals surface area contributed by atoms with Gasteiger partial charge in [-0.2, -0.15) is 0 Å². The van der Waals surface area contributed by atoms with Gasteiger partial charge in [-0.1, -0.05) is 19.1 Å². The molecule has 0 saturated heterocycles. The Balaban J connectivity index is 2.04. The molecule has 3 aromatic rings. The van der Waals surface area contributed by atoms with Crippen LogP contribution in [0.2, 0.25) is 0 Å². The first kappa shape index (κ1) is 14.6. The van der Waals surface area contributed by atoms with Crippen LogP contribution in [0.15, 0.2) is 51.9 Å². The summed E-state index contributed by atoms with van der Waals surface area (Å²) in [5.74, 6) is -0.148. The highest BCUT2D eigenvalue weighted by Gasteiger charge is 2.40. The summed E-state index contributed by atoms with van der Waals surface area (Å²) in [6, 6.07) is 8.73. The predicted molar refractivity (Wildman–Crippen MR) is 90.0 cm³/mol. The third-order valence-corrected chi connectivity index (χ3v) is 4.57. The molecule has 1 aromatic carbocycles. The Kier molecular flexibility index (Phi) is 3.23. The van der Waals surface area contributed by atoms with E-state index in [2.05, 4.69) is 4.98 Å². The third-order valence-electron chi connectivity index (χ3n) is 4.57. The van der Waals surface area contributed by atoms with Crippen molar-refractivity contribution in [2.45, 2.75) is 19.4 Å². The molecule has 0 aliphatic carbocycles. The lowest BCUT2D eigenvalue weighted by Crippen LogP contribution is -2.25. The Bertz CT molecular complexity index is 1010. The van der Waals surface area contributed by atoms with Crippen LogP contribution in [0.4, 0.5) is 0 Å². The van der Waals surface area contributed by atoms with Crippen molar-refractivity contribution in [2.24, 2.45) is 0 Å². The second-order valence-corrected chi connectivity index (χ2v) is 5.96. The van der Waals surface area contributed by atoms with Crippen LogP contribution >= 0.6 is 0 Å². The van der Waals surface area contributed by atoms with Gasteiger partial charge in [0.05, 0.1) is 17.0 Å². The van der Waals surface area contributed by atoms with Crippen LogP contribution in [0.5, 0.6) is 0 Å². The molecule has 1 amide bonds. The lowest BCUT2D eigenvalue weighted by atomic mass is 9.99. The predicted octanol–water partition coefficient (Wildman–Crippen LogP) is 2.93. The van der Waals surface area contributed by atoms with Crippen LogP contribution in [0.3, 0.4) is 0 Å². The van der Waals surface area contributed by atoms with E-state index in [4.69, 9.17) is 4.42 Å². The molecule has 1 aliphatic heterocycles. The van der Waals surface area contributed by atoms with Crippen molar-refractivity contribution in [3.8, 4) is 0 Å². The van der Waals surface area contributed by atoms with E-state index in [0.29, 0.717) is 16.5 Å². The smallest absolute Gasteiger partial charge is 0.290 e. The van der Waals surface area contributed by atoms with Crippen molar-refractivity contribution in [1.29, 1.82) is 0 Å². The summed E-state index contributed by atoms with van der Waals surface area (Å²) in [6.07, 6.45) is 4.17. The van der Waals surface area contributed by atoms with Gasteiger partial charge in [0.15, 0.2) is 5.43 Å². The maximum absolute atomic E-state index is 13.1. The van der Waals surface area contributed by atoms with Crippen molar-refractivity contribution in [3.05, 3.63) is 75.4 Å². The maximum Gasteiger partial charge on any atom is 0.290 e. The van der Waals surface area contributed by atoms with Gasteiger partial charge in [0.1, 0.15) is 5.58 Å². The molecule has 4 rings (SSSR count). The van der Waals surface area contributed by atoms with Crippen molar-refractivity contribution < 1.29 is 9.21 Å². The Morgan fingerprint density at radius 2 is 2.08 bits per heavy atom. The summed E-state index contributed by atoms with van der Waals surface area (Å²) in [6.45, 7) is 2.03. The molecule has 5 heteroatoms. The average Bonchev–Trinajstić information content (AvgIpc) is 2.87. The summed E-state index contributed by atoms with van der Waals surface area (Å²) < 4.78 is 5.81. The molecule has 0 spiro atoms. The molecule has 1 aliphatic rings. The number of rotatable bonds is 2. The molecule has 1 atom stereocenters. The van der Waals surface area contributed by atoms with Crippen LogP contribution in [-0.4, -0.2) is 22.8 Å². The number of hydrogen-bond donors (Lipinski definition) is 0. The molecule has 5 nitrogen and oxygen atoms in total. The zero-order valence-corrected chi connectivity index (χ0v) is 13.4. The van der Waals surface area contributed by atoms with Crippen molar-refractivity contribution in [1.82, 2.24) is 9.88 Å². The van der Waals surface area contributed by atoms with Crippen LogP contribution in [0.1, 0.15) is 40.2 Å². The maximum atomic E-state index is 13.1. The van der Waals surface area contributed by atoms with E-state index < -0.39 is 6.04 Å². The molecule has 0 saturated carbocycles. The number of benzene rings is 1. The van der Waals surface area contributed by atoms with Crippen molar-refractivity contribution >= 4 is 16.9 Å². The molecular weight excluding hydrogens is 304 g/mol. The highest BCUT2D eigenvalue weighted by Crippen LogP contribution is 2.36. The Labute approximate surface area is 138 Å². The summed E-state index contributed by atoms with van der Waals surface area (Å²) in [4.78, 5) is 31.3. The Morgan fingerprint density at radius 1 is 1.25 bits per heavy atom. The van der Waals surface area contributed by atoms with Crippen LogP contribution < -0.4 is 5.43 Å². The lowest BCUT2D eigenvalue weighted by Gasteiger charge is -2.19. The van der Waals surface area contributed by atoms with E-state index in [1.807, 2.05) is 25.1 Å². The molecule has 0 bridgehead atoms. The quantitative estimate of drug-likeness (QED) is 0.728. The molecular formula is C19H16N2O3. The zero-order valence-electron chi connectivity index (χ0n) is 13.4. The number of aromatic nitrogens is 1. The monoisotopic (exact) mass is 320 g/mol. The van der Waals surface area contributed by atoms with Gasteiger partial charge in [-0.25, -0.2) is 0 Å². The third kappa shape index (κ3) is 1.98. The Hall–Kier alpha value is -2.95. The van der Waals surface area contributed by atoms with E-state index in [1.165, 1.54) is 4.90 Å². The zero-order chi connectivity index (χ0) is 16.8. The summed E-state index contributed by atoms with van der Waals surface area (Å²) >= 11 is 0. The number of aryl methyl sites for hydroxylation is 1. The lowest BCUT2D eigenvalue weighted by molar-refractivity contribution is 0.0771. The van der Waals surface area contributed by atoms with Crippen LogP contribution in [0.25, 0.3) is 11.0 Å². The standard InChI is InChI=1S/C19H16N2O3/c1-3-11-6-7-14-13(9-11)17(22)15-16(12-5-4-8-20-10-12)21(2)19(23)18(15)24-14/h4-10,16H,3H2,1-2H3. The fraction of sp³-hybridized carbons (Fsp3) is 0.211. The number of carbonyl (C=O) groups is 1.